The molecular weight excluding hydrogens is 412 g/mol. The van der Waals surface area contributed by atoms with Gasteiger partial charge in [0.2, 0.25) is 5.91 Å². The number of rotatable bonds is 6. The number of benzene rings is 1. The van der Waals surface area contributed by atoms with Gasteiger partial charge in [-0.15, -0.1) is 0 Å². The zero-order chi connectivity index (χ0) is 22.7. The van der Waals surface area contributed by atoms with Crippen LogP contribution >= 0.6 is 0 Å². The lowest BCUT2D eigenvalue weighted by Crippen LogP contribution is -2.37. The third-order valence-corrected chi connectivity index (χ3v) is 5.24. The first-order chi connectivity index (χ1) is 14.7. The predicted octanol–water partition coefficient (Wildman–Crippen LogP) is 2.90. The van der Waals surface area contributed by atoms with Crippen molar-refractivity contribution in [1.29, 1.82) is 0 Å². The number of hydroxylamine groups is 2. The molecule has 0 bridgehead atoms. The van der Waals surface area contributed by atoms with Gasteiger partial charge < -0.3 is 14.4 Å². The fourth-order valence-electron chi connectivity index (χ4n) is 3.59. The molecule has 2 fully saturated rings. The van der Waals surface area contributed by atoms with Crippen LogP contribution in [0.1, 0.15) is 33.6 Å². The van der Waals surface area contributed by atoms with Crippen LogP contribution in [0.5, 0.6) is 0 Å². The van der Waals surface area contributed by atoms with Gasteiger partial charge in [0.25, 0.3) is 0 Å². The maximum Gasteiger partial charge on any atom is 0.414 e. The Morgan fingerprint density at radius 3 is 2.45 bits per heavy atom. The molecule has 2 saturated heterocycles. The van der Waals surface area contributed by atoms with Crippen LogP contribution in [0.3, 0.4) is 0 Å². The minimum Gasteiger partial charge on any atom is -0.444 e. The standard InChI is InChI=1S/C21H27F2N3O5/c1-13(2)20(28)26-7-6-24(8-9-30-26)19-17(22)10-15(11-18(19)23)25-12-16(31-21(25)29)5-4-14(3)27/h10-11,13,16H,4-9,12H2,1-3H3/t16-/m0/s1. The van der Waals surface area contributed by atoms with E-state index >= 15 is 0 Å². The number of hydrogen-bond acceptors (Lipinski definition) is 6. The minimum absolute atomic E-state index is 0.0222. The molecule has 3 rings (SSSR count). The van der Waals surface area contributed by atoms with Gasteiger partial charge in [0.05, 0.1) is 25.4 Å². The van der Waals surface area contributed by atoms with Gasteiger partial charge in [-0.1, -0.05) is 13.8 Å². The second kappa shape index (κ2) is 9.59. The van der Waals surface area contributed by atoms with Crippen LogP contribution in [0, 0.1) is 17.6 Å². The molecule has 2 aliphatic rings. The lowest BCUT2D eigenvalue weighted by molar-refractivity contribution is -0.185. The van der Waals surface area contributed by atoms with Crippen molar-refractivity contribution in [1.82, 2.24) is 5.06 Å². The molecule has 0 unspecified atom stereocenters. The first-order valence-electron chi connectivity index (χ1n) is 10.3. The number of carbonyl (C=O) groups is 3. The highest BCUT2D eigenvalue weighted by molar-refractivity contribution is 5.90. The zero-order valence-electron chi connectivity index (χ0n) is 17.9. The summed E-state index contributed by atoms with van der Waals surface area (Å²) in [4.78, 5) is 43.5. The molecule has 170 valence electrons. The predicted molar refractivity (Wildman–Crippen MR) is 109 cm³/mol. The lowest BCUT2D eigenvalue weighted by Gasteiger charge is -2.24. The summed E-state index contributed by atoms with van der Waals surface area (Å²) in [6.07, 6.45) is -0.582. The van der Waals surface area contributed by atoms with Gasteiger partial charge in [-0.3, -0.25) is 14.5 Å². The van der Waals surface area contributed by atoms with Crippen molar-refractivity contribution in [3.8, 4) is 0 Å². The molecule has 0 radical (unpaired) electrons. The molecule has 0 N–H and O–H groups in total. The van der Waals surface area contributed by atoms with E-state index in [4.69, 9.17) is 9.57 Å². The van der Waals surface area contributed by atoms with E-state index in [1.165, 1.54) is 16.9 Å². The van der Waals surface area contributed by atoms with E-state index in [2.05, 4.69) is 0 Å². The maximum absolute atomic E-state index is 14.9. The van der Waals surface area contributed by atoms with Gasteiger partial charge in [0.1, 0.15) is 17.6 Å². The molecule has 0 saturated carbocycles. The van der Waals surface area contributed by atoms with Crippen LogP contribution in [-0.4, -0.2) is 61.7 Å². The highest BCUT2D eigenvalue weighted by atomic mass is 19.1. The van der Waals surface area contributed by atoms with E-state index in [1.807, 2.05) is 0 Å². The van der Waals surface area contributed by atoms with Crippen LogP contribution in [0.25, 0.3) is 0 Å². The zero-order valence-corrected chi connectivity index (χ0v) is 17.9. The fourth-order valence-corrected chi connectivity index (χ4v) is 3.59. The molecule has 2 heterocycles. The topological polar surface area (TPSA) is 79.4 Å². The van der Waals surface area contributed by atoms with Gasteiger partial charge in [0, 0.05) is 37.6 Å². The Labute approximate surface area is 179 Å². The van der Waals surface area contributed by atoms with Gasteiger partial charge in [0.15, 0.2) is 11.6 Å². The summed E-state index contributed by atoms with van der Waals surface area (Å²) in [6.45, 7) is 5.75. The quantitative estimate of drug-likeness (QED) is 0.678. The second-order valence-corrected chi connectivity index (χ2v) is 8.03. The first kappa shape index (κ1) is 22.9. The minimum atomic E-state index is -0.821. The Bertz CT molecular complexity index is 840. The summed E-state index contributed by atoms with van der Waals surface area (Å²) in [5.74, 6) is -2.10. The van der Waals surface area contributed by atoms with Crippen LogP contribution < -0.4 is 9.80 Å². The normalized spacial score (nSPS) is 19.6. The summed E-state index contributed by atoms with van der Waals surface area (Å²) in [7, 11) is 0. The number of carbonyl (C=O) groups excluding carboxylic acids is 3. The number of ether oxygens (including phenoxy) is 1. The van der Waals surface area contributed by atoms with E-state index in [-0.39, 0.29) is 68.2 Å². The number of amides is 2. The number of ketones is 1. The van der Waals surface area contributed by atoms with Crippen molar-refractivity contribution in [3.05, 3.63) is 23.8 Å². The average molecular weight is 439 g/mol. The number of nitrogens with zero attached hydrogens (tertiary/aromatic N) is 3. The molecule has 1 atom stereocenters. The van der Waals surface area contributed by atoms with Crippen molar-refractivity contribution in [2.24, 2.45) is 5.92 Å². The number of hydrogen-bond donors (Lipinski definition) is 0. The van der Waals surface area contributed by atoms with Gasteiger partial charge in [-0.2, -0.15) is 0 Å². The number of cyclic esters (lactones) is 1. The highest BCUT2D eigenvalue weighted by Gasteiger charge is 2.34. The molecule has 0 aromatic heterocycles. The Balaban J connectivity index is 1.73. The van der Waals surface area contributed by atoms with Crippen molar-refractivity contribution in [3.63, 3.8) is 0 Å². The largest absolute Gasteiger partial charge is 0.444 e. The molecule has 2 aliphatic heterocycles. The lowest BCUT2D eigenvalue weighted by atomic mass is 10.1. The third-order valence-electron chi connectivity index (χ3n) is 5.24. The number of Topliss-reactive ketones (excluding diaryl/α,β-unsaturated/α-hetero) is 1. The number of halogens is 2. The van der Waals surface area contributed by atoms with Crippen molar-refractivity contribution in [2.75, 3.05) is 42.6 Å². The Morgan fingerprint density at radius 2 is 1.84 bits per heavy atom. The van der Waals surface area contributed by atoms with Crippen LogP contribution in [0.2, 0.25) is 0 Å². The third kappa shape index (κ3) is 5.30. The second-order valence-electron chi connectivity index (χ2n) is 8.03. The van der Waals surface area contributed by atoms with Crippen molar-refractivity contribution >= 4 is 29.2 Å². The first-order valence-corrected chi connectivity index (χ1v) is 10.3. The van der Waals surface area contributed by atoms with Crippen molar-refractivity contribution in [2.45, 2.75) is 39.7 Å². The molecule has 0 aliphatic carbocycles. The SMILES string of the molecule is CC(=O)CC[C@H]1CN(c2cc(F)c(N3CCON(C(=O)C(C)C)CC3)c(F)c2)C(=O)O1. The van der Waals surface area contributed by atoms with E-state index < -0.39 is 23.8 Å². The van der Waals surface area contributed by atoms with Gasteiger partial charge in [-0.05, 0) is 13.3 Å². The van der Waals surface area contributed by atoms with Crippen molar-refractivity contribution < 1.29 is 32.7 Å². The molecule has 1 aromatic carbocycles. The molecule has 0 spiro atoms. The molecular formula is C21H27F2N3O5. The fraction of sp³-hybridized carbons (Fsp3) is 0.571. The summed E-state index contributed by atoms with van der Waals surface area (Å²) >= 11 is 0. The smallest absolute Gasteiger partial charge is 0.414 e. The van der Waals surface area contributed by atoms with Crippen LogP contribution in [0.4, 0.5) is 25.0 Å². The van der Waals surface area contributed by atoms with E-state index in [1.54, 1.807) is 13.8 Å². The van der Waals surface area contributed by atoms with E-state index in [0.29, 0.717) is 6.42 Å². The highest BCUT2D eigenvalue weighted by Crippen LogP contribution is 2.32. The summed E-state index contributed by atoms with van der Waals surface area (Å²) < 4.78 is 35.0. The summed E-state index contributed by atoms with van der Waals surface area (Å²) in [6, 6.07) is 2.19. The Morgan fingerprint density at radius 1 is 1.16 bits per heavy atom. The number of anilines is 2. The van der Waals surface area contributed by atoms with Crippen LogP contribution in [-0.2, 0) is 19.2 Å². The van der Waals surface area contributed by atoms with E-state index in [0.717, 1.165) is 17.0 Å². The monoisotopic (exact) mass is 439 g/mol. The molecule has 2 amide bonds. The Kier molecular flexibility index (Phi) is 7.09. The average Bonchev–Trinajstić information content (AvgIpc) is 2.91. The van der Waals surface area contributed by atoms with Gasteiger partial charge in [-0.25, -0.2) is 18.6 Å². The molecule has 31 heavy (non-hydrogen) atoms. The molecule has 10 heteroatoms. The van der Waals surface area contributed by atoms with E-state index in [9.17, 15) is 23.2 Å². The Hall–Kier alpha value is -2.75. The van der Waals surface area contributed by atoms with Crippen LogP contribution in [0.15, 0.2) is 12.1 Å². The molecule has 1 aromatic rings. The maximum atomic E-state index is 14.9. The molecule has 8 nitrogen and oxygen atoms in total. The summed E-state index contributed by atoms with van der Waals surface area (Å²) in [5, 5.41) is 1.23. The summed E-state index contributed by atoms with van der Waals surface area (Å²) in [5.41, 5.74) is -0.177. The van der Waals surface area contributed by atoms with Gasteiger partial charge >= 0.3 is 6.09 Å².